The van der Waals surface area contributed by atoms with E-state index in [0.29, 0.717) is 11.5 Å². The van der Waals surface area contributed by atoms with Crippen molar-refractivity contribution in [3.63, 3.8) is 0 Å². The van der Waals surface area contributed by atoms with Gasteiger partial charge in [0.25, 0.3) is 0 Å². The number of aliphatic hydroxyl groups is 1. The summed E-state index contributed by atoms with van der Waals surface area (Å²) < 4.78 is 28.7. The molecule has 1 aliphatic rings. The molecule has 5 nitrogen and oxygen atoms in total. The standard InChI is InChI=1S/C14H19F2N3O2S/c15-13(16)21-11-3-1-2-10(8-11)12(20)9-18-14(17)19-4-6-22-7-5-19/h1-3,8,12-13,20H,4-7,9H2,(H2,17,18). The van der Waals surface area contributed by atoms with Crippen LogP contribution in [-0.2, 0) is 0 Å². The van der Waals surface area contributed by atoms with Gasteiger partial charge in [0.05, 0.1) is 12.6 Å². The average Bonchev–Trinajstić information content (AvgIpc) is 2.52. The van der Waals surface area contributed by atoms with E-state index in [1.165, 1.54) is 12.1 Å². The number of aliphatic imine (C=N–C) groups is 1. The van der Waals surface area contributed by atoms with Gasteiger partial charge in [-0.15, -0.1) is 0 Å². The molecular weight excluding hydrogens is 312 g/mol. The fraction of sp³-hybridized carbons (Fsp3) is 0.500. The molecule has 1 aromatic rings. The lowest BCUT2D eigenvalue weighted by molar-refractivity contribution is -0.0499. The Balaban J connectivity index is 1.94. The van der Waals surface area contributed by atoms with Crippen LogP contribution in [0.1, 0.15) is 11.7 Å². The zero-order valence-electron chi connectivity index (χ0n) is 12.0. The molecule has 0 radical (unpaired) electrons. The molecule has 0 bridgehead atoms. The topological polar surface area (TPSA) is 71.1 Å². The van der Waals surface area contributed by atoms with Crippen molar-refractivity contribution in [1.29, 1.82) is 0 Å². The third-order valence-corrected chi connectivity index (χ3v) is 4.17. The molecule has 122 valence electrons. The molecule has 3 N–H and O–H groups in total. The lowest BCUT2D eigenvalue weighted by Crippen LogP contribution is -2.42. The number of guanidine groups is 1. The molecule has 0 spiro atoms. The van der Waals surface area contributed by atoms with E-state index >= 15 is 0 Å². The molecule has 8 heteroatoms. The fourth-order valence-electron chi connectivity index (χ4n) is 2.08. The second kappa shape index (κ2) is 8.19. The molecule has 22 heavy (non-hydrogen) atoms. The van der Waals surface area contributed by atoms with Gasteiger partial charge in [-0.2, -0.15) is 20.5 Å². The molecule has 1 aliphatic heterocycles. The lowest BCUT2D eigenvalue weighted by Gasteiger charge is -2.27. The molecule has 0 aliphatic carbocycles. The van der Waals surface area contributed by atoms with Gasteiger partial charge in [0.15, 0.2) is 5.96 Å². The van der Waals surface area contributed by atoms with Crippen LogP contribution >= 0.6 is 11.8 Å². The van der Waals surface area contributed by atoms with Crippen LogP contribution in [0.25, 0.3) is 0 Å². The molecule has 0 amide bonds. The highest BCUT2D eigenvalue weighted by Gasteiger charge is 2.14. The van der Waals surface area contributed by atoms with E-state index in [2.05, 4.69) is 9.73 Å². The second-order valence-electron chi connectivity index (χ2n) is 4.77. The molecule has 1 saturated heterocycles. The van der Waals surface area contributed by atoms with E-state index in [9.17, 15) is 13.9 Å². The smallest absolute Gasteiger partial charge is 0.387 e. The Hall–Kier alpha value is -1.54. The monoisotopic (exact) mass is 331 g/mol. The van der Waals surface area contributed by atoms with Gasteiger partial charge in [-0.1, -0.05) is 12.1 Å². The third-order valence-electron chi connectivity index (χ3n) is 3.23. The number of hydrogen-bond acceptors (Lipinski definition) is 4. The van der Waals surface area contributed by atoms with Crippen LogP contribution in [0.15, 0.2) is 29.3 Å². The minimum Gasteiger partial charge on any atom is -0.435 e. The van der Waals surface area contributed by atoms with Crippen molar-refractivity contribution in [3.8, 4) is 5.75 Å². The van der Waals surface area contributed by atoms with Crippen molar-refractivity contribution in [2.75, 3.05) is 31.1 Å². The lowest BCUT2D eigenvalue weighted by atomic mass is 10.1. The van der Waals surface area contributed by atoms with Gasteiger partial charge in [-0.3, -0.25) is 4.99 Å². The average molecular weight is 331 g/mol. The Kier molecular flexibility index (Phi) is 6.26. The van der Waals surface area contributed by atoms with E-state index in [0.717, 1.165) is 24.6 Å². The Morgan fingerprint density at radius 3 is 2.82 bits per heavy atom. The molecule has 1 atom stereocenters. The highest BCUT2D eigenvalue weighted by Crippen LogP contribution is 2.21. The molecular formula is C14H19F2N3O2S. The Morgan fingerprint density at radius 1 is 1.41 bits per heavy atom. The van der Waals surface area contributed by atoms with Crippen molar-refractivity contribution >= 4 is 17.7 Å². The zero-order valence-corrected chi connectivity index (χ0v) is 12.8. The molecule has 1 fully saturated rings. The van der Waals surface area contributed by atoms with Crippen LogP contribution in [0, 0.1) is 0 Å². The molecule has 2 rings (SSSR count). The van der Waals surface area contributed by atoms with Crippen LogP contribution in [0.4, 0.5) is 8.78 Å². The van der Waals surface area contributed by atoms with Crippen LogP contribution in [0.2, 0.25) is 0 Å². The van der Waals surface area contributed by atoms with Gasteiger partial charge in [-0.05, 0) is 17.7 Å². The third kappa shape index (κ3) is 5.03. The highest BCUT2D eigenvalue weighted by molar-refractivity contribution is 7.99. The summed E-state index contributed by atoms with van der Waals surface area (Å²) in [4.78, 5) is 6.16. The summed E-state index contributed by atoms with van der Waals surface area (Å²) in [5, 5.41) is 10.1. The number of rotatable bonds is 5. The van der Waals surface area contributed by atoms with Crippen molar-refractivity contribution in [2.45, 2.75) is 12.7 Å². The number of hydrogen-bond donors (Lipinski definition) is 2. The summed E-state index contributed by atoms with van der Waals surface area (Å²) in [7, 11) is 0. The Bertz CT molecular complexity index is 511. The SMILES string of the molecule is NC(=NCC(O)c1cccc(OC(F)F)c1)N1CCSCC1. The Morgan fingerprint density at radius 2 is 2.14 bits per heavy atom. The number of nitrogens with two attached hydrogens (primary N) is 1. The van der Waals surface area contributed by atoms with Crippen LogP contribution < -0.4 is 10.5 Å². The predicted molar refractivity (Wildman–Crippen MR) is 83.4 cm³/mol. The summed E-state index contributed by atoms with van der Waals surface area (Å²) in [6.07, 6.45) is -0.918. The molecule has 1 heterocycles. The number of thioether (sulfide) groups is 1. The number of ether oxygens (including phenoxy) is 1. The molecule has 1 unspecified atom stereocenters. The van der Waals surface area contributed by atoms with Gasteiger partial charge in [0.1, 0.15) is 5.75 Å². The van der Waals surface area contributed by atoms with Crippen LogP contribution in [0.3, 0.4) is 0 Å². The van der Waals surface area contributed by atoms with Crippen molar-refractivity contribution < 1.29 is 18.6 Å². The van der Waals surface area contributed by atoms with E-state index < -0.39 is 12.7 Å². The van der Waals surface area contributed by atoms with E-state index in [1.54, 1.807) is 12.1 Å². The van der Waals surface area contributed by atoms with E-state index in [4.69, 9.17) is 5.73 Å². The van der Waals surface area contributed by atoms with E-state index in [1.807, 2.05) is 16.7 Å². The minimum absolute atomic E-state index is 0.0107. The van der Waals surface area contributed by atoms with Crippen molar-refractivity contribution in [3.05, 3.63) is 29.8 Å². The molecule has 0 saturated carbocycles. The van der Waals surface area contributed by atoms with Crippen molar-refractivity contribution in [1.82, 2.24) is 4.90 Å². The first-order valence-corrected chi connectivity index (χ1v) is 8.07. The van der Waals surface area contributed by atoms with E-state index in [-0.39, 0.29) is 12.3 Å². The van der Waals surface area contributed by atoms with Crippen molar-refractivity contribution in [2.24, 2.45) is 10.7 Å². The first-order valence-electron chi connectivity index (χ1n) is 6.91. The van der Waals surface area contributed by atoms with Crippen LogP contribution in [0.5, 0.6) is 5.75 Å². The zero-order chi connectivity index (χ0) is 15.9. The normalized spacial score (nSPS) is 17.6. The maximum Gasteiger partial charge on any atom is 0.387 e. The van der Waals surface area contributed by atoms with Gasteiger partial charge in [-0.25, -0.2) is 0 Å². The van der Waals surface area contributed by atoms with Gasteiger partial charge < -0.3 is 20.5 Å². The largest absolute Gasteiger partial charge is 0.435 e. The first kappa shape index (κ1) is 16.8. The predicted octanol–water partition coefficient (Wildman–Crippen LogP) is 1.68. The molecule has 1 aromatic carbocycles. The second-order valence-corrected chi connectivity index (χ2v) is 5.99. The first-order chi connectivity index (χ1) is 10.6. The number of benzene rings is 1. The summed E-state index contributed by atoms with van der Waals surface area (Å²) in [5.74, 6) is 2.42. The number of alkyl halides is 2. The quantitative estimate of drug-likeness (QED) is 0.635. The molecule has 0 aromatic heterocycles. The van der Waals surface area contributed by atoms with Gasteiger partial charge in [0.2, 0.25) is 0 Å². The van der Waals surface area contributed by atoms with Gasteiger partial charge in [0, 0.05) is 24.6 Å². The fourth-order valence-corrected chi connectivity index (χ4v) is 2.98. The maximum absolute atomic E-state index is 12.2. The number of halogens is 2. The number of aliphatic hydroxyl groups excluding tert-OH is 1. The summed E-state index contributed by atoms with van der Waals surface area (Å²) in [6.45, 7) is -1.13. The Labute approximate surface area is 132 Å². The maximum atomic E-state index is 12.2. The summed E-state index contributed by atoms with van der Waals surface area (Å²) in [5.41, 5.74) is 6.36. The minimum atomic E-state index is -2.89. The summed E-state index contributed by atoms with van der Waals surface area (Å²) >= 11 is 1.87. The van der Waals surface area contributed by atoms with Crippen LogP contribution in [-0.4, -0.2) is 53.7 Å². The van der Waals surface area contributed by atoms with Gasteiger partial charge >= 0.3 is 6.61 Å². The highest BCUT2D eigenvalue weighted by atomic mass is 32.2. The number of nitrogens with zero attached hydrogens (tertiary/aromatic N) is 2. The summed E-state index contributed by atoms with van der Waals surface area (Å²) in [6, 6.07) is 5.96.